The molecule has 0 radical (unpaired) electrons. The van der Waals surface area contributed by atoms with Crippen LogP contribution in [0.1, 0.15) is 5.69 Å². The Morgan fingerprint density at radius 1 is 1.33 bits per heavy atom. The number of aromatic nitrogens is 4. The first-order valence-corrected chi connectivity index (χ1v) is 4.31. The van der Waals surface area contributed by atoms with E-state index in [9.17, 15) is 0 Å². The van der Waals surface area contributed by atoms with Crippen LogP contribution in [-0.4, -0.2) is 20.0 Å². The van der Waals surface area contributed by atoms with Crippen molar-refractivity contribution in [2.45, 2.75) is 5.88 Å². The number of hydrogen-bond acceptors (Lipinski definition) is 3. The van der Waals surface area contributed by atoms with Gasteiger partial charge in [0.2, 0.25) is 0 Å². The second-order valence-electron chi connectivity index (χ2n) is 2.50. The Balaban J connectivity index is 0.000000980. The van der Waals surface area contributed by atoms with E-state index in [1.54, 1.807) is 23.3 Å². The number of halogens is 3. The quantitative estimate of drug-likeness (QED) is 0.784. The standard InChI is InChI=1S/C8H7ClN4.2ClH/c9-4-7-6-13(12-11-7)8-2-1-3-10-5-8;;/h1-3,5-6H,4H2;2*1H. The molecule has 0 aliphatic carbocycles. The van der Waals surface area contributed by atoms with Gasteiger partial charge in [-0.1, -0.05) is 5.21 Å². The van der Waals surface area contributed by atoms with Crippen molar-refractivity contribution < 1.29 is 0 Å². The Morgan fingerprint density at radius 2 is 2.13 bits per heavy atom. The van der Waals surface area contributed by atoms with Crippen molar-refractivity contribution in [2.75, 3.05) is 0 Å². The molecule has 82 valence electrons. The van der Waals surface area contributed by atoms with Gasteiger partial charge in [-0.05, 0) is 12.1 Å². The number of alkyl halides is 1. The van der Waals surface area contributed by atoms with Crippen LogP contribution in [0.5, 0.6) is 0 Å². The molecule has 4 nitrogen and oxygen atoms in total. The van der Waals surface area contributed by atoms with Gasteiger partial charge in [0.25, 0.3) is 0 Å². The van der Waals surface area contributed by atoms with E-state index in [0.29, 0.717) is 5.88 Å². The second kappa shape index (κ2) is 6.61. The Hall–Kier alpha value is -0.840. The van der Waals surface area contributed by atoms with E-state index < -0.39 is 0 Å². The highest BCUT2D eigenvalue weighted by Crippen LogP contribution is 2.05. The van der Waals surface area contributed by atoms with E-state index in [0.717, 1.165) is 11.4 Å². The molecule has 7 heteroatoms. The van der Waals surface area contributed by atoms with Crippen molar-refractivity contribution in [3.05, 3.63) is 36.4 Å². The summed E-state index contributed by atoms with van der Waals surface area (Å²) in [6, 6.07) is 3.75. The van der Waals surface area contributed by atoms with Crippen molar-refractivity contribution >= 4 is 36.4 Å². The van der Waals surface area contributed by atoms with E-state index in [-0.39, 0.29) is 24.8 Å². The minimum absolute atomic E-state index is 0. The molecule has 15 heavy (non-hydrogen) atoms. The second-order valence-corrected chi connectivity index (χ2v) is 2.77. The molecule has 0 spiro atoms. The summed E-state index contributed by atoms with van der Waals surface area (Å²) in [7, 11) is 0. The summed E-state index contributed by atoms with van der Waals surface area (Å²) < 4.78 is 1.64. The van der Waals surface area contributed by atoms with Crippen LogP contribution in [0.25, 0.3) is 5.69 Å². The van der Waals surface area contributed by atoms with Crippen LogP contribution in [0.2, 0.25) is 0 Å². The lowest BCUT2D eigenvalue weighted by Gasteiger charge is -1.95. The number of hydrogen-bond donors (Lipinski definition) is 0. The maximum atomic E-state index is 5.60. The Morgan fingerprint density at radius 3 is 2.67 bits per heavy atom. The summed E-state index contributed by atoms with van der Waals surface area (Å²) in [6.07, 6.45) is 5.21. The Bertz CT molecular complexity index is 390. The van der Waals surface area contributed by atoms with Gasteiger partial charge in [0.1, 0.15) is 0 Å². The number of rotatable bonds is 2. The fourth-order valence-corrected chi connectivity index (χ4v) is 1.10. The lowest BCUT2D eigenvalue weighted by Crippen LogP contribution is -1.94. The summed E-state index contributed by atoms with van der Waals surface area (Å²) in [4.78, 5) is 3.97. The highest BCUT2D eigenvalue weighted by Gasteiger charge is 2.00. The van der Waals surface area contributed by atoms with Gasteiger partial charge in [-0.2, -0.15) is 0 Å². The minimum Gasteiger partial charge on any atom is -0.262 e. The van der Waals surface area contributed by atoms with Gasteiger partial charge < -0.3 is 0 Å². The van der Waals surface area contributed by atoms with Crippen LogP contribution in [0, 0.1) is 0 Å². The van der Waals surface area contributed by atoms with Gasteiger partial charge in [-0.15, -0.1) is 41.5 Å². The first-order valence-electron chi connectivity index (χ1n) is 3.78. The van der Waals surface area contributed by atoms with Crippen molar-refractivity contribution in [3.63, 3.8) is 0 Å². The zero-order chi connectivity index (χ0) is 9.10. The predicted octanol–water partition coefficient (Wildman–Crippen LogP) is 2.24. The molecule has 0 N–H and O–H groups in total. The summed E-state index contributed by atoms with van der Waals surface area (Å²) in [5.41, 5.74) is 1.64. The molecule has 2 heterocycles. The largest absolute Gasteiger partial charge is 0.262 e. The molecule has 2 rings (SSSR count). The SMILES string of the molecule is Cl.Cl.ClCc1cn(-c2cccnc2)nn1. The van der Waals surface area contributed by atoms with Crippen molar-refractivity contribution in [1.82, 2.24) is 20.0 Å². The van der Waals surface area contributed by atoms with Gasteiger partial charge in [-0.25, -0.2) is 4.68 Å². The summed E-state index contributed by atoms with van der Waals surface area (Å²) >= 11 is 5.60. The highest BCUT2D eigenvalue weighted by atomic mass is 35.5. The molecule has 2 aromatic heterocycles. The molecule has 0 amide bonds. The lowest BCUT2D eigenvalue weighted by molar-refractivity contribution is 0.797. The summed E-state index contributed by atoms with van der Waals surface area (Å²) in [5, 5.41) is 7.76. The Labute approximate surface area is 104 Å². The van der Waals surface area contributed by atoms with E-state index in [1.807, 2.05) is 12.1 Å². The third-order valence-corrected chi connectivity index (χ3v) is 1.86. The molecule has 0 saturated heterocycles. The summed E-state index contributed by atoms with van der Waals surface area (Å²) in [5.74, 6) is 0.375. The van der Waals surface area contributed by atoms with Gasteiger partial charge >= 0.3 is 0 Å². The van der Waals surface area contributed by atoms with Crippen LogP contribution >= 0.6 is 36.4 Å². The van der Waals surface area contributed by atoms with E-state index in [4.69, 9.17) is 11.6 Å². The van der Waals surface area contributed by atoms with Crippen molar-refractivity contribution in [1.29, 1.82) is 0 Å². The molecular weight excluding hydrogens is 258 g/mol. The van der Waals surface area contributed by atoms with Gasteiger partial charge in [0.05, 0.1) is 29.7 Å². The topological polar surface area (TPSA) is 43.6 Å². The van der Waals surface area contributed by atoms with Crippen LogP contribution in [0.15, 0.2) is 30.7 Å². The summed E-state index contributed by atoms with van der Waals surface area (Å²) in [6.45, 7) is 0. The van der Waals surface area contributed by atoms with E-state index in [2.05, 4.69) is 15.3 Å². The molecule has 0 aromatic carbocycles. The first kappa shape index (κ1) is 14.2. The van der Waals surface area contributed by atoms with Gasteiger partial charge in [-0.3, -0.25) is 4.98 Å². The predicted molar refractivity (Wildman–Crippen MR) is 63.2 cm³/mol. The van der Waals surface area contributed by atoms with Crippen LogP contribution < -0.4 is 0 Å². The smallest absolute Gasteiger partial charge is 0.0979 e. The third kappa shape index (κ3) is 3.34. The van der Waals surface area contributed by atoms with Crippen LogP contribution in [0.4, 0.5) is 0 Å². The lowest BCUT2D eigenvalue weighted by atomic mass is 10.4. The van der Waals surface area contributed by atoms with E-state index >= 15 is 0 Å². The normalized spacial score (nSPS) is 8.87. The Kier molecular flexibility index (Phi) is 6.24. The molecule has 0 atom stereocenters. The monoisotopic (exact) mass is 266 g/mol. The fourth-order valence-electron chi connectivity index (χ4n) is 0.975. The zero-order valence-electron chi connectivity index (χ0n) is 7.58. The maximum Gasteiger partial charge on any atom is 0.0979 e. The molecule has 0 aliphatic rings. The molecule has 0 unspecified atom stereocenters. The van der Waals surface area contributed by atoms with Crippen molar-refractivity contribution in [3.8, 4) is 5.69 Å². The molecule has 2 aromatic rings. The van der Waals surface area contributed by atoms with Gasteiger partial charge in [0, 0.05) is 6.20 Å². The highest BCUT2D eigenvalue weighted by molar-refractivity contribution is 6.16. The van der Waals surface area contributed by atoms with E-state index in [1.165, 1.54) is 0 Å². The van der Waals surface area contributed by atoms with Gasteiger partial charge in [0.15, 0.2) is 0 Å². The minimum atomic E-state index is 0. The van der Waals surface area contributed by atoms with Crippen molar-refractivity contribution in [2.24, 2.45) is 0 Å². The third-order valence-electron chi connectivity index (χ3n) is 1.59. The molecular formula is C8H9Cl3N4. The average Bonchev–Trinajstić information content (AvgIpc) is 2.67. The molecule has 0 bridgehead atoms. The first-order chi connectivity index (χ1) is 6.40. The molecule has 0 saturated carbocycles. The fraction of sp³-hybridized carbons (Fsp3) is 0.125. The molecule has 0 fully saturated rings. The number of nitrogens with zero attached hydrogens (tertiary/aromatic N) is 4. The van der Waals surface area contributed by atoms with Crippen LogP contribution in [-0.2, 0) is 5.88 Å². The maximum absolute atomic E-state index is 5.60. The number of pyridine rings is 1. The zero-order valence-corrected chi connectivity index (χ0v) is 9.97. The molecule has 0 aliphatic heterocycles. The average molecular weight is 268 g/mol. The van der Waals surface area contributed by atoms with Crippen LogP contribution in [0.3, 0.4) is 0 Å².